The van der Waals surface area contributed by atoms with Crippen LogP contribution in [0.1, 0.15) is 12.8 Å². The fourth-order valence-corrected chi connectivity index (χ4v) is 2.55. The van der Waals surface area contributed by atoms with E-state index in [2.05, 4.69) is 15.6 Å². The molecule has 2 aromatic rings. The van der Waals surface area contributed by atoms with Crippen molar-refractivity contribution in [2.45, 2.75) is 12.8 Å². The lowest BCUT2D eigenvalue weighted by Crippen LogP contribution is -2.17. The number of carbonyl (C=O) groups excluding carboxylic acids is 2. The van der Waals surface area contributed by atoms with E-state index in [9.17, 15) is 9.59 Å². The minimum atomic E-state index is -0.334. The van der Waals surface area contributed by atoms with Crippen LogP contribution in [0.2, 0.25) is 10.0 Å². The Hall–Kier alpha value is -1.63. The number of benzene rings is 1. The molecule has 0 fully saturated rings. The molecule has 0 radical (unpaired) electrons. The van der Waals surface area contributed by atoms with Crippen molar-refractivity contribution in [3.8, 4) is 0 Å². The van der Waals surface area contributed by atoms with Gasteiger partial charge in [0, 0.05) is 24.4 Å². The van der Waals surface area contributed by atoms with Crippen LogP contribution in [0.25, 0.3) is 0 Å². The van der Waals surface area contributed by atoms with Gasteiger partial charge in [-0.1, -0.05) is 29.3 Å². The lowest BCUT2D eigenvalue weighted by Gasteiger charge is -2.08. The Kier molecular flexibility index (Phi) is 5.55. The number of halogens is 2. The molecule has 1 aromatic carbocycles. The van der Waals surface area contributed by atoms with Crippen LogP contribution in [0.4, 0.5) is 10.8 Å². The van der Waals surface area contributed by atoms with Crippen LogP contribution in [0.5, 0.6) is 0 Å². The summed E-state index contributed by atoms with van der Waals surface area (Å²) in [6.07, 6.45) is 1.67. The Balaban J connectivity index is 1.83. The third-order valence-electron chi connectivity index (χ3n) is 2.48. The zero-order chi connectivity index (χ0) is 15.2. The van der Waals surface area contributed by atoms with Gasteiger partial charge >= 0.3 is 0 Å². The summed E-state index contributed by atoms with van der Waals surface area (Å²) in [5, 5.41) is 8.16. The molecule has 2 N–H and O–H groups in total. The zero-order valence-corrected chi connectivity index (χ0v) is 13.1. The summed E-state index contributed by atoms with van der Waals surface area (Å²) in [6.45, 7) is 0. The third kappa shape index (κ3) is 4.70. The summed E-state index contributed by atoms with van der Waals surface area (Å²) in [5.74, 6) is -0.607. The molecule has 8 heteroatoms. The van der Waals surface area contributed by atoms with Crippen LogP contribution in [0.3, 0.4) is 0 Å². The molecule has 21 heavy (non-hydrogen) atoms. The molecule has 2 rings (SSSR count). The van der Waals surface area contributed by atoms with Crippen molar-refractivity contribution >= 4 is 57.2 Å². The normalized spacial score (nSPS) is 10.2. The topological polar surface area (TPSA) is 71.1 Å². The predicted molar refractivity (Wildman–Crippen MR) is 85.1 cm³/mol. The van der Waals surface area contributed by atoms with Gasteiger partial charge in [-0.2, -0.15) is 0 Å². The maximum atomic E-state index is 11.8. The second-order valence-corrected chi connectivity index (χ2v) is 5.74. The second kappa shape index (κ2) is 7.40. The quantitative estimate of drug-likeness (QED) is 0.866. The van der Waals surface area contributed by atoms with Crippen molar-refractivity contribution in [2.24, 2.45) is 0 Å². The molecule has 1 heterocycles. The maximum absolute atomic E-state index is 11.8. The van der Waals surface area contributed by atoms with Gasteiger partial charge in [0.25, 0.3) is 0 Å². The van der Waals surface area contributed by atoms with Crippen LogP contribution < -0.4 is 10.6 Å². The van der Waals surface area contributed by atoms with Gasteiger partial charge in [-0.25, -0.2) is 4.98 Å². The summed E-state index contributed by atoms with van der Waals surface area (Å²) in [5.41, 5.74) is 0.353. The summed E-state index contributed by atoms with van der Waals surface area (Å²) < 4.78 is 0. The fraction of sp³-hybridized carbons (Fsp3) is 0.154. The molecule has 0 aliphatic rings. The van der Waals surface area contributed by atoms with E-state index in [1.54, 1.807) is 29.8 Å². The Bertz CT molecular complexity index is 627. The molecule has 0 unspecified atom stereocenters. The van der Waals surface area contributed by atoms with Gasteiger partial charge in [0.1, 0.15) is 0 Å². The van der Waals surface area contributed by atoms with Crippen molar-refractivity contribution in [3.05, 3.63) is 39.8 Å². The number of hydrogen-bond acceptors (Lipinski definition) is 4. The molecular formula is C13H11Cl2N3O2S. The lowest BCUT2D eigenvalue weighted by atomic mass is 10.2. The number of carbonyl (C=O) groups is 2. The van der Waals surface area contributed by atoms with Crippen LogP contribution in [-0.4, -0.2) is 16.8 Å². The van der Waals surface area contributed by atoms with Crippen LogP contribution in [0.15, 0.2) is 29.8 Å². The van der Waals surface area contributed by atoms with Crippen molar-refractivity contribution in [1.29, 1.82) is 0 Å². The number of rotatable bonds is 5. The minimum Gasteiger partial charge on any atom is -0.324 e. The van der Waals surface area contributed by atoms with E-state index in [1.165, 1.54) is 11.3 Å². The maximum Gasteiger partial charge on any atom is 0.226 e. The van der Waals surface area contributed by atoms with E-state index in [-0.39, 0.29) is 24.7 Å². The Morgan fingerprint density at radius 2 is 1.71 bits per heavy atom. The van der Waals surface area contributed by atoms with Crippen molar-refractivity contribution < 1.29 is 9.59 Å². The number of hydrogen-bond donors (Lipinski definition) is 2. The van der Waals surface area contributed by atoms with Crippen LogP contribution in [-0.2, 0) is 9.59 Å². The molecule has 0 spiro atoms. The highest BCUT2D eigenvalue weighted by atomic mass is 35.5. The van der Waals surface area contributed by atoms with Crippen molar-refractivity contribution in [1.82, 2.24) is 4.98 Å². The molecule has 0 saturated heterocycles. The smallest absolute Gasteiger partial charge is 0.226 e. The first-order valence-electron chi connectivity index (χ1n) is 5.99. The fourth-order valence-electron chi connectivity index (χ4n) is 1.51. The summed E-state index contributed by atoms with van der Waals surface area (Å²) in [4.78, 5) is 27.4. The Labute approximate surface area is 135 Å². The number of thiazole rings is 1. The van der Waals surface area contributed by atoms with Gasteiger partial charge in [0.2, 0.25) is 11.8 Å². The van der Waals surface area contributed by atoms with Gasteiger partial charge in [-0.05, 0) is 12.1 Å². The van der Waals surface area contributed by atoms with Gasteiger partial charge in [-0.15, -0.1) is 11.3 Å². The first-order chi connectivity index (χ1) is 10.1. The van der Waals surface area contributed by atoms with E-state index in [1.807, 2.05) is 0 Å². The molecule has 0 saturated carbocycles. The third-order valence-corrected chi connectivity index (χ3v) is 3.80. The molecule has 0 bridgehead atoms. The number of nitrogens with zero attached hydrogens (tertiary/aromatic N) is 1. The number of nitrogens with one attached hydrogen (secondary N) is 2. The van der Waals surface area contributed by atoms with Crippen LogP contribution >= 0.6 is 34.5 Å². The molecule has 110 valence electrons. The van der Waals surface area contributed by atoms with E-state index >= 15 is 0 Å². The lowest BCUT2D eigenvalue weighted by molar-refractivity contribution is -0.121. The molecule has 5 nitrogen and oxygen atoms in total. The number of amides is 2. The van der Waals surface area contributed by atoms with Crippen molar-refractivity contribution in [2.75, 3.05) is 10.6 Å². The average Bonchev–Trinajstić information content (AvgIpc) is 2.94. The van der Waals surface area contributed by atoms with Gasteiger partial charge in [0.05, 0.1) is 15.7 Å². The second-order valence-electron chi connectivity index (χ2n) is 4.03. The minimum absolute atomic E-state index is 0.0265. The Morgan fingerprint density at radius 3 is 2.29 bits per heavy atom. The standard InChI is InChI=1S/C13H11Cl2N3O2S/c14-8-2-1-3-9(15)12(8)17-10(19)4-5-11(20)18-13-16-6-7-21-13/h1-3,6-7H,4-5H2,(H,17,19)(H,16,18,20). The number of aromatic nitrogens is 1. The highest BCUT2D eigenvalue weighted by Gasteiger charge is 2.12. The van der Waals surface area contributed by atoms with E-state index in [0.29, 0.717) is 20.9 Å². The predicted octanol–water partition coefficient (Wildman–Crippen LogP) is 3.81. The Morgan fingerprint density at radius 1 is 1.10 bits per heavy atom. The first kappa shape index (κ1) is 15.8. The van der Waals surface area contributed by atoms with Gasteiger partial charge in [0.15, 0.2) is 5.13 Å². The summed E-state index contributed by atoms with van der Waals surface area (Å²) in [7, 11) is 0. The van der Waals surface area contributed by atoms with E-state index < -0.39 is 0 Å². The molecule has 0 atom stereocenters. The van der Waals surface area contributed by atoms with Crippen molar-refractivity contribution in [3.63, 3.8) is 0 Å². The number of anilines is 2. The van der Waals surface area contributed by atoms with Gasteiger partial charge < -0.3 is 10.6 Å². The van der Waals surface area contributed by atoms with E-state index in [0.717, 1.165) is 0 Å². The average molecular weight is 344 g/mol. The number of para-hydroxylation sites is 1. The molecule has 0 aliphatic carbocycles. The SMILES string of the molecule is O=C(CCC(=O)Nc1c(Cl)cccc1Cl)Nc1nccs1. The van der Waals surface area contributed by atoms with E-state index in [4.69, 9.17) is 23.2 Å². The first-order valence-corrected chi connectivity index (χ1v) is 7.63. The highest BCUT2D eigenvalue weighted by molar-refractivity contribution is 7.13. The molecule has 2 amide bonds. The molecule has 1 aromatic heterocycles. The zero-order valence-electron chi connectivity index (χ0n) is 10.7. The highest BCUT2D eigenvalue weighted by Crippen LogP contribution is 2.29. The largest absolute Gasteiger partial charge is 0.324 e. The molecule has 0 aliphatic heterocycles. The summed E-state index contributed by atoms with van der Waals surface area (Å²) in [6, 6.07) is 4.93. The van der Waals surface area contributed by atoms with Crippen LogP contribution in [0, 0.1) is 0 Å². The molecular weight excluding hydrogens is 333 g/mol. The summed E-state index contributed by atoms with van der Waals surface area (Å²) >= 11 is 13.2. The van der Waals surface area contributed by atoms with Gasteiger partial charge in [-0.3, -0.25) is 9.59 Å². The monoisotopic (exact) mass is 343 g/mol.